The van der Waals surface area contributed by atoms with Crippen LogP contribution in [0.4, 0.5) is 0 Å². The topological polar surface area (TPSA) is 423 Å². The molecule has 0 heterocycles. The fourth-order valence-corrected chi connectivity index (χ4v) is 8.59. The van der Waals surface area contributed by atoms with Crippen LogP contribution in [0, 0.1) is 11.8 Å². The van der Waals surface area contributed by atoms with Gasteiger partial charge in [-0.05, 0) is 58.3 Å². The summed E-state index contributed by atoms with van der Waals surface area (Å²) < 4.78 is 21.4. The molecule has 0 aromatic carbocycles. The summed E-state index contributed by atoms with van der Waals surface area (Å²) >= 11 is 0. The van der Waals surface area contributed by atoms with Gasteiger partial charge in [0.15, 0.2) is 0 Å². The number of carbonyl (C=O) groups excluding carboxylic acids is 7. The molecule has 0 saturated heterocycles. The molecule has 488 valence electrons. The van der Waals surface area contributed by atoms with Crippen molar-refractivity contribution in [3.8, 4) is 0 Å². The van der Waals surface area contributed by atoms with Crippen molar-refractivity contribution in [3.05, 3.63) is 0 Å². The van der Waals surface area contributed by atoms with Crippen LogP contribution in [0.15, 0.2) is 0 Å². The zero-order valence-electron chi connectivity index (χ0n) is 50.0. The number of rotatable bonds is 59. The largest absolute Gasteiger partial charge is 0.481 e. The van der Waals surface area contributed by atoms with Crippen molar-refractivity contribution in [1.82, 2.24) is 26.6 Å². The van der Waals surface area contributed by atoms with Crippen LogP contribution >= 0.6 is 0 Å². The van der Waals surface area contributed by atoms with E-state index in [0.717, 1.165) is 70.6 Å². The fourth-order valence-electron chi connectivity index (χ4n) is 8.59. The summed E-state index contributed by atoms with van der Waals surface area (Å²) in [4.78, 5) is 144. The lowest BCUT2D eigenvalue weighted by Gasteiger charge is -2.18. The Bertz CT molecular complexity index is 1990. The van der Waals surface area contributed by atoms with Crippen molar-refractivity contribution in [2.75, 3.05) is 65.9 Å². The number of ether oxygens (including phenoxy) is 4. The van der Waals surface area contributed by atoms with Crippen LogP contribution < -0.4 is 26.6 Å². The summed E-state index contributed by atoms with van der Waals surface area (Å²) in [7, 11) is 0. The van der Waals surface area contributed by atoms with Gasteiger partial charge in [-0.1, -0.05) is 90.4 Å². The summed E-state index contributed by atoms with van der Waals surface area (Å²) in [5.74, 6) is -11.1. The van der Waals surface area contributed by atoms with E-state index in [1.807, 2.05) is 0 Å². The number of aliphatic hydroxyl groups is 1. The number of carboxylic acid groups (broad SMARTS) is 5. The minimum absolute atomic E-state index is 0.0551. The van der Waals surface area contributed by atoms with Gasteiger partial charge in [0.1, 0.15) is 42.9 Å². The van der Waals surface area contributed by atoms with Crippen LogP contribution in [-0.2, 0) is 76.5 Å². The van der Waals surface area contributed by atoms with E-state index in [-0.39, 0.29) is 134 Å². The van der Waals surface area contributed by atoms with Crippen molar-refractivity contribution in [2.45, 2.75) is 218 Å². The van der Waals surface area contributed by atoms with E-state index in [2.05, 4.69) is 26.6 Å². The molecular formula is C58H99N5O22. The van der Waals surface area contributed by atoms with Crippen LogP contribution in [-0.4, -0.2) is 192 Å². The molecule has 0 aliphatic rings. The number of ketones is 2. The molecule has 27 nitrogen and oxygen atoms in total. The van der Waals surface area contributed by atoms with Gasteiger partial charge in [0, 0.05) is 70.6 Å². The Kier molecular flexibility index (Phi) is 47.4. The van der Waals surface area contributed by atoms with Gasteiger partial charge in [0.2, 0.25) is 29.5 Å². The van der Waals surface area contributed by atoms with Gasteiger partial charge < -0.3 is 76.2 Å². The highest BCUT2D eigenvalue weighted by atomic mass is 16.5. The van der Waals surface area contributed by atoms with Gasteiger partial charge in [-0.15, -0.1) is 0 Å². The Morgan fingerprint density at radius 2 is 0.765 bits per heavy atom. The second kappa shape index (κ2) is 51.1. The van der Waals surface area contributed by atoms with Crippen molar-refractivity contribution >= 4 is 70.9 Å². The average Bonchev–Trinajstić information content (AvgIpc) is 3.53. The molecule has 85 heavy (non-hydrogen) atoms. The molecular weight excluding hydrogens is 1120 g/mol. The highest BCUT2D eigenvalue weighted by molar-refractivity contribution is 5.88. The molecule has 0 spiro atoms. The molecule has 0 aliphatic carbocycles. The molecule has 0 aromatic rings. The molecule has 11 N–H and O–H groups in total. The molecule has 6 atom stereocenters. The quantitative estimate of drug-likeness (QED) is 0.0385. The van der Waals surface area contributed by atoms with Crippen molar-refractivity contribution in [2.24, 2.45) is 11.8 Å². The highest BCUT2D eigenvalue weighted by Gasteiger charge is 2.29. The lowest BCUT2D eigenvalue weighted by Crippen LogP contribution is -2.45. The Labute approximate surface area is 498 Å². The fraction of sp³-hybridized carbons (Fsp3) is 0.793. The maximum Gasteiger partial charge on any atom is 0.326 e. The zero-order chi connectivity index (χ0) is 63.6. The molecule has 0 aromatic heterocycles. The number of aliphatic hydroxyl groups excluding tert-OH is 1. The lowest BCUT2D eigenvalue weighted by atomic mass is 9.89. The van der Waals surface area contributed by atoms with Crippen molar-refractivity contribution in [3.63, 3.8) is 0 Å². The first kappa shape index (κ1) is 78.8. The van der Waals surface area contributed by atoms with Gasteiger partial charge in [-0.3, -0.25) is 43.2 Å². The van der Waals surface area contributed by atoms with Gasteiger partial charge >= 0.3 is 29.8 Å². The first-order valence-corrected chi connectivity index (χ1v) is 30.1. The summed E-state index contributed by atoms with van der Waals surface area (Å²) in [6.07, 6.45) is 13.1. The number of carbonyl (C=O) groups is 12. The molecule has 0 radical (unpaired) electrons. The normalized spacial score (nSPS) is 13.3. The maximum absolute atomic E-state index is 12.6. The highest BCUT2D eigenvalue weighted by Crippen LogP contribution is 2.18. The molecule has 0 rings (SSSR count). The van der Waals surface area contributed by atoms with E-state index in [1.165, 1.54) is 19.8 Å². The molecule has 5 amide bonds. The Balaban J connectivity index is 4.13. The molecule has 0 unspecified atom stereocenters. The summed E-state index contributed by atoms with van der Waals surface area (Å²) in [5.41, 5.74) is 0. The number of carboxylic acids is 5. The van der Waals surface area contributed by atoms with E-state index in [1.54, 1.807) is 6.92 Å². The van der Waals surface area contributed by atoms with Gasteiger partial charge in [0.05, 0.1) is 45.1 Å². The number of nitrogens with one attached hydrogen (secondary N) is 5. The van der Waals surface area contributed by atoms with E-state index < -0.39 is 97.0 Å². The maximum atomic E-state index is 12.6. The average molecular weight is 1220 g/mol. The third-order valence-electron chi connectivity index (χ3n) is 13.8. The van der Waals surface area contributed by atoms with Crippen LogP contribution in [0.3, 0.4) is 0 Å². The number of amides is 5. The summed E-state index contributed by atoms with van der Waals surface area (Å²) in [5, 5.41) is 68.6. The van der Waals surface area contributed by atoms with E-state index in [9.17, 15) is 78.0 Å². The third-order valence-corrected chi connectivity index (χ3v) is 13.8. The lowest BCUT2D eigenvalue weighted by molar-refractivity contribution is -0.148. The standard InChI is InChI=1S/C58H99N5O22/c1-41(48(66)38-44(42(2)64)55(74)75)20-17-18-30-59-52(70)39-85-37-35-83-33-31-60-53(71)40-84-36-34-82-32-19-21-43(65)24-25-45(56(76)77)62-50(68)29-27-47(58(80)81)63-51(69)28-26-46(57(78)79)61-49(67)22-15-13-11-9-7-5-3-4-6-8-10-12-14-16-23-54(72)73/h41-42,44-47,64H,3-40H2,1-2H3,(H,59,70)(H,60,71)(H,61,67)(H,62,68)(H,63,69)(H,72,73)(H,74,75)(H,76,77)(H,78,79)(H,80,81)/t41-,42+,44-,45-,46-,47-/m0/s1. The van der Waals surface area contributed by atoms with E-state index >= 15 is 0 Å². The molecule has 0 saturated carbocycles. The van der Waals surface area contributed by atoms with Crippen LogP contribution in [0.25, 0.3) is 0 Å². The predicted octanol–water partition coefficient (Wildman–Crippen LogP) is 3.86. The third kappa shape index (κ3) is 46.8. The van der Waals surface area contributed by atoms with Crippen LogP contribution in [0.2, 0.25) is 0 Å². The first-order valence-electron chi connectivity index (χ1n) is 30.1. The van der Waals surface area contributed by atoms with Crippen LogP contribution in [0.5, 0.6) is 0 Å². The number of hydrogen-bond acceptors (Lipinski definition) is 17. The summed E-state index contributed by atoms with van der Waals surface area (Å²) in [6, 6.07) is -4.42. The number of unbranched alkanes of at least 4 members (excludes halogenated alkanes) is 14. The monoisotopic (exact) mass is 1220 g/mol. The Morgan fingerprint density at radius 3 is 1.20 bits per heavy atom. The zero-order valence-corrected chi connectivity index (χ0v) is 50.0. The van der Waals surface area contributed by atoms with E-state index in [4.69, 9.17) is 29.2 Å². The number of Topliss-reactive ketones (excluding diaryl/α,β-unsaturated/α-hetero) is 2. The number of hydrogen-bond donors (Lipinski definition) is 11. The smallest absolute Gasteiger partial charge is 0.326 e. The molecule has 0 bridgehead atoms. The van der Waals surface area contributed by atoms with Crippen LogP contribution in [0.1, 0.15) is 194 Å². The first-order chi connectivity index (χ1) is 40.5. The predicted molar refractivity (Wildman–Crippen MR) is 307 cm³/mol. The van der Waals surface area contributed by atoms with E-state index in [0.29, 0.717) is 38.6 Å². The summed E-state index contributed by atoms with van der Waals surface area (Å²) in [6.45, 7) is 4.11. The minimum Gasteiger partial charge on any atom is -0.481 e. The number of aliphatic carboxylic acids is 5. The molecule has 27 heteroatoms. The van der Waals surface area contributed by atoms with Crippen molar-refractivity contribution < 1.29 is 107 Å². The molecule has 0 fully saturated rings. The van der Waals surface area contributed by atoms with Gasteiger partial charge in [0.25, 0.3) is 0 Å². The van der Waals surface area contributed by atoms with Gasteiger partial charge in [-0.25, -0.2) is 14.4 Å². The Morgan fingerprint density at radius 1 is 0.365 bits per heavy atom. The second-order valence-electron chi connectivity index (χ2n) is 21.3. The van der Waals surface area contributed by atoms with Gasteiger partial charge in [-0.2, -0.15) is 0 Å². The second-order valence-corrected chi connectivity index (χ2v) is 21.3. The van der Waals surface area contributed by atoms with Crippen molar-refractivity contribution in [1.29, 1.82) is 0 Å². The SMILES string of the molecule is C[C@@H](CCCCNC(=O)COCCOCCNC(=O)COCCOCCCC(=O)CC[C@H](NC(=O)CC[C@H](NC(=O)CC[C@H](NC(=O)CCCCCCCCCCCCCCCCC(=O)O)C(=O)O)C(=O)O)C(=O)O)C(=O)C[C@H](C(=O)O)[C@@H](C)O. The molecule has 0 aliphatic heterocycles. The minimum atomic E-state index is -1.57. The Hall–Kier alpha value is -6.16.